The minimum Gasteiger partial charge on any atom is -0.478 e. The van der Waals surface area contributed by atoms with Crippen molar-refractivity contribution in [1.82, 2.24) is 0 Å². The molecule has 0 radical (unpaired) electrons. The first kappa shape index (κ1) is 12.7. The Labute approximate surface area is 105 Å². The van der Waals surface area contributed by atoms with Gasteiger partial charge >= 0.3 is 5.97 Å². The molecular weight excluding hydrogens is 260 g/mol. The van der Waals surface area contributed by atoms with Gasteiger partial charge in [0, 0.05) is 17.8 Å². The van der Waals surface area contributed by atoms with Crippen LogP contribution in [0.25, 0.3) is 0 Å². The highest BCUT2D eigenvalue weighted by atomic mass is 19.2. The van der Waals surface area contributed by atoms with Crippen LogP contribution in [0.2, 0.25) is 0 Å². The summed E-state index contributed by atoms with van der Waals surface area (Å²) in [6.45, 7) is 0. The van der Waals surface area contributed by atoms with Crippen LogP contribution in [0.4, 0.5) is 14.5 Å². The SMILES string of the molecule is O=C(O)c1coc(C(=O)Nc2ccc(F)c(F)c2)c1. The van der Waals surface area contributed by atoms with Gasteiger partial charge in [-0.25, -0.2) is 13.6 Å². The highest BCUT2D eigenvalue weighted by Gasteiger charge is 2.15. The molecule has 2 rings (SSSR count). The number of aromatic carboxylic acids is 1. The molecule has 0 saturated carbocycles. The lowest BCUT2D eigenvalue weighted by molar-refractivity contribution is 0.0696. The second-order valence-electron chi connectivity index (χ2n) is 3.59. The summed E-state index contributed by atoms with van der Waals surface area (Å²) in [5.74, 6) is -4.40. The summed E-state index contributed by atoms with van der Waals surface area (Å²) in [4.78, 5) is 22.2. The van der Waals surface area contributed by atoms with Gasteiger partial charge in [0.1, 0.15) is 6.26 Å². The molecule has 7 heteroatoms. The van der Waals surface area contributed by atoms with Crippen LogP contribution in [-0.4, -0.2) is 17.0 Å². The summed E-state index contributed by atoms with van der Waals surface area (Å²) < 4.78 is 30.3. The van der Waals surface area contributed by atoms with E-state index in [4.69, 9.17) is 9.52 Å². The van der Waals surface area contributed by atoms with E-state index in [0.29, 0.717) is 0 Å². The fourth-order valence-electron chi connectivity index (χ4n) is 1.33. The van der Waals surface area contributed by atoms with Crippen LogP contribution < -0.4 is 5.32 Å². The first-order valence-electron chi connectivity index (χ1n) is 5.05. The molecule has 1 heterocycles. The van der Waals surface area contributed by atoms with Crippen molar-refractivity contribution in [3.05, 3.63) is 53.5 Å². The van der Waals surface area contributed by atoms with E-state index in [0.717, 1.165) is 30.5 Å². The number of furan rings is 1. The molecule has 0 fully saturated rings. The van der Waals surface area contributed by atoms with E-state index in [1.807, 2.05) is 0 Å². The van der Waals surface area contributed by atoms with Crippen LogP contribution in [0, 0.1) is 11.6 Å². The third-order valence-corrected chi connectivity index (χ3v) is 2.25. The number of hydrogen-bond acceptors (Lipinski definition) is 3. The standard InChI is InChI=1S/C12H7F2NO4/c13-8-2-1-7(4-9(8)14)15-11(16)10-3-6(5-19-10)12(17)18/h1-5H,(H,15,16)(H,17,18). The maximum Gasteiger partial charge on any atom is 0.338 e. The normalized spacial score (nSPS) is 10.2. The summed E-state index contributed by atoms with van der Waals surface area (Å²) in [6, 6.07) is 3.85. The number of hydrogen-bond donors (Lipinski definition) is 2. The van der Waals surface area contributed by atoms with E-state index in [9.17, 15) is 18.4 Å². The van der Waals surface area contributed by atoms with Gasteiger partial charge < -0.3 is 14.8 Å². The van der Waals surface area contributed by atoms with Crippen molar-refractivity contribution in [3.63, 3.8) is 0 Å². The second kappa shape index (κ2) is 4.89. The zero-order valence-electron chi connectivity index (χ0n) is 9.31. The van der Waals surface area contributed by atoms with E-state index < -0.39 is 23.5 Å². The number of carbonyl (C=O) groups excluding carboxylic acids is 1. The Morgan fingerprint density at radius 1 is 1.16 bits per heavy atom. The minimum absolute atomic E-state index is 0.0252. The molecule has 98 valence electrons. The first-order valence-corrected chi connectivity index (χ1v) is 5.05. The average Bonchev–Trinajstić information content (AvgIpc) is 2.83. The third-order valence-electron chi connectivity index (χ3n) is 2.25. The molecule has 19 heavy (non-hydrogen) atoms. The Morgan fingerprint density at radius 3 is 2.47 bits per heavy atom. The van der Waals surface area contributed by atoms with Gasteiger partial charge in [-0.1, -0.05) is 0 Å². The molecule has 0 aliphatic rings. The van der Waals surface area contributed by atoms with Gasteiger partial charge in [0.2, 0.25) is 0 Å². The Balaban J connectivity index is 2.15. The largest absolute Gasteiger partial charge is 0.478 e. The lowest BCUT2D eigenvalue weighted by atomic mass is 10.2. The van der Waals surface area contributed by atoms with E-state index in [1.165, 1.54) is 0 Å². The molecule has 0 unspecified atom stereocenters. The van der Waals surface area contributed by atoms with E-state index in [-0.39, 0.29) is 17.0 Å². The molecule has 0 aliphatic heterocycles. The van der Waals surface area contributed by atoms with Crippen molar-refractivity contribution in [2.75, 3.05) is 5.32 Å². The predicted molar refractivity (Wildman–Crippen MR) is 60.0 cm³/mol. The Kier molecular flexibility index (Phi) is 3.28. The predicted octanol–water partition coefficient (Wildman–Crippen LogP) is 2.51. The van der Waals surface area contributed by atoms with Crippen molar-refractivity contribution in [3.8, 4) is 0 Å². The molecule has 5 nitrogen and oxygen atoms in total. The molecule has 2 aromatic rings. The van der Waals surface area contributed by atoms with Gasteiger partial charge in [-0.2, -0.15) is 0 Å². The zero-order chi connectivity index (χ0) is 14.0. The molecular formula is C12H7F2NO4. The molecule has 0 atom stereocenters. The number of carboxylic acids is 1. The fraction of sp³-hybridized carbons (Fsp3) is 0. The van der Waals surface area contributed by atoms with Crippen LogP contribution in [0.5, 0.6) is 0 Å². The van der Waals surface area contributed by atoms with Crippen LogP contribution in [-0.2, 0) is 0 Å². The summed E-state index contributed by atoms with van der Waals surface area (Å²) in [7, 11) is 0. The summed E-state index contributed by atoms with van der Waals surface area (Å²) in [5, 5.41) is 10.9. The number of benzene rings is 1. The quantitative estimate of drug-likeness (QED) is 0.895. The lowest BCUT2D eigenvalue weighted by Gasteiger charge is -2.03. The molecule has 0 saturated heterocycles. The summed E-state index contributed by atoms with van der Waals surface area (Å²) in [5.41, 5.74) is -0.160. The highest BCUT2D eigenvalue weighted by Crippen LogP contribution is 2.15. The molecule has 2 N–H and O–H groups in total. The number of carboxylic acid groups (broad SMARTS) is 1. The third kappa shape index (κ3) is 2.76. The van der Waals surface area contributed by atoms with E-state index in [1.54, 1.807) is 0 Å². The molecule has 1 aromatic carbocycles. The molecule has 0 aliphatic carbocycles. The smallest absolute Gasteiger partial charge is 0.338 e. The van der Waals surface area contributed by atoms with E-state index >= 15 is 0 Å². The van der Waals surface area contributed by atoms with Crippen molar-refractivity contribution in [2.45, 2.75) is 0 Å². The van der Waals surface area contributed by atoms with Crippen LogP contribution in [0.15, 0.2) is 34.9 Å². The summed E-state index contributed by atoms with van der Waals surface area (Å²) in [6.07, 6.45) is 0.905. The molecule has 1 aromatic heterocycles. The maximum atomic E-state index is 12.9. The van der Waals surface area contributed by atoms with Crippen molar-refractivity contribution >= 4 is 17.6 Å². The number of nitrogens with one attached hydrogen (secondary N) is 1. The second-order valence-corrected chi connectivity index (χ2v) is 3.59. The number of rotatable bonds is 3. The Hall–Kier alpha value is -2.70. The van der Waals surface area contributed by atoms with Gasteiger partial charge in [0.25, 0.3) is 5.91 Å². The van der Waals surface area contributed by atoms with Crippen molar-refractivity contribution in [1.29, 1.82) is 0 Å². The van der Waals surface area contributed by atoms with Gasteiger partial charge in [-0.05, 0) is 12.1 Å². The molecule has 1 amide bonds. The van der Waals surface area contributed by atoms with Gasteiger partial charge in [0.05, 0.1) is 5.56 Å². The minimum atomic E-state index is -1.24. The maximum absolute atomic E-state index is 12.9. The van der Waals surface area contributed by atoms with Gasteiger partial charge in [-0.15, -0.1) is 0 Å². The summed E-state index contributed by atoms with van der Waals surface area (Å²) >= 11 is 0. The molecule has 0 bridgehead atoms. The number of carbonyl (C=O) groups is 2. The van der Waals surface area contributed by atoms with Crippen LogP contribution >= 0.6 is 0 Å². The first-order chi connectivity index (χ1) is 8.97. The van der Waals surface area contributed by atoms with Crippen LogP contribution in [0.3, 0.4) is 0 Å². The Morgan fingerprint density at radius 2 is 1.89 bits per heavy atom. The fourth-order valence-corrected chi connectivity index (χ4v) is 1.33. The van der Waals surface area contributed by atoms with Crippen LogP contribution in [0.1, 0.15) is 20.9 Å². The Bertz CT molecular complexity index is 651. The zero-order valence-corrected chi connectivity index (χ0v) is 9.31. The monoisotopic (exact) mass is 267 g/mol. The lowest BCUT2D eigenvalue weighted by Crippen LogP contribution is -2.11. The van der Waals surface area contributed by atoms with Crippen molar-refractivity contribution in [2.24, 2.45) is 0 Å². The highest BCUT2D eigenvalue weighted by molar-refractivity contribution is 6.03. The number of amides is 1. The van der Waals surface area contributed by atoms with E-state index in [2.05, 4.69) is 5.32 Å². The number of anilines is 1. The van der Waals surface area contributed by atoms with Gasteiger partial charge in [-0.3, -0.25) is 4.79 Å². The molecule has 0 spiro atoms. The van der Waals surface area contributed by atoms with Crippen molar-refractivity contribution < 1.29 is 27.9 Å². The average molecular weight is 267 g/mol. The number of halogens is 2. The van der Waals surface area contributed by atoms with Gasteiger partial charge in [0.15, 0.2) is 17.4 Å². The topological polar surface area (TPSA) is 79.5 Å².